The number of carboxylic acid groups (broad SMARTS) is 1. The Hall–Kier alpha value is -4.28. The van der Waals surface area contributed by atoms with Gasteiger partial charge in [0.25, 0.3) is 0 Å². The minimum absolute atomic E-state index is 0.00524. The van der Waals surface area contributed by atoms with Gasteiger partial charge in [0.05, 0.1) is 35.7 Å². The Morgan fingerprint density at radius 2 is 1.15 bits per heavy atom. The Kier molecular flexibility index (Phi) is 13.3. The van der Waals surface area contributed by atoms with Gasteiger partial charge in [-0.25, -0.2) is 28.3 Å². The standard InChI is InChI=1S/C20H23ClFNO3.C16H15ClFNO3/c1-12(2)11-25-15-9-13(8-14(22)10-15)17-7-6-16(18(21)23-17)19(24)26-20(3,4)5;1-9(2)8-22-12-6-10(5-11(18)7-12)14-4-3-13(16(20)21)15(17)19-14/h6-10,12H,11H2,1-5H3;3-7,9H,8H2,1-2H3,(H,20,21). The van der Waals surface area contributed by atoms with E-state index in [1.54, 1.807) is 39.0 Å². The molecule has 4 rings (SSSR count). The summed E-state index contributed by atoms with van der Waals surface area (Å²) in [5, 5.41) is 8.80. The third-order valence-electron chi connectivity index (χ3n) is 6.05. The Balaban J connectivity index is 0.000000264. The van der Waals surface area contributed by atoms with E-state index in [0.717, 1.165) is 0 Å². The van der Waals surface area contributed by atoms with E-state index in [0.29, 0.717) is 59.1 Å². The number of aromatic carboxylic acids is 1. The third kappa shape index (κ3) is 11.8. The number of carboxylic acids is 1. The summed E-state index contributed by atoms with van der Waals surface area (Å²) >= 11 is 12.0. The number of carbonyl (C=O) groups is 2. The predicted molar refractivity (Wildman–Crippen MR) is 182 cm³/mol. The zero-order valence-electron chi connectivity index (χ0n) is 27.7. The van der Waals surface area contributed by atoms with Gasteiger partial charge >= 0.3 is 11.9 Å². The highest BCUT2D eigenvalue weighted by Gasteiger charge is 2.21. The second kappa shape index (κ2) is 16.7. The number of pyridine rings is 2. The number of hydrogen-bond donors (Lipinski definition) is 1. The van der Waals surface area contributed by atoms with Crippen LogP contribution in [0.25, 0.3) is 22.5 Å². The number of aromatic nitrogens is 2. The molecular weight excluding hydrogens is 665 g/mol. The van der Waals surface area contributed by atoms with Gasteiger partial charge in [0.1, 0.15) is 39.0 Å². The second-order valence-electron chi connectivity index (χ2n) is 12.6. The number of nitrogens with zero attached hydrogens (tertiary/aromatic N) is 2. The van der Waals surface area contributed by atoms with Gasteiger partial charge in [0.15, 0.2) is 0 Å². The van der Waals surface area contributed by atoms with E-state index >= 15 is 0 Å². The van der Waals surface area contributed by atoms with Gasteiger partial charge in [-0.05, 0) is 81.1 Å². The zero-order chi connectivity index (χ0) is 35.8. The van der Waals surface area contributed by atoms with Crippen LogP contribution < -0.4 is 9.47 Å². The Labute approximate surface area is 289 Å². The average molecular weight is 704 g/mol. The first-order chi connectivity index (χ1) is 22.4. The zero-order valence-corrected chi connectivity index (χ0v) is 29.2. The number of esters is 1. The second-order valence-corrected chi connectivity index (χ2v) is 13.4. The number of halogens is 4. The molecule has 0 unspecified atom stereocenters. The SMILES string of the molecule is CC(C)COc1cc(F)cc(-c2ccc(C(=O)O)c(Cl)n2)c1.CC(C)COc1cc(F)cc(-c2ccc(C(=O)OC(C)(C)C)c(Cl)n2)c1. The van der Waals surface area contributed by atoms with E-state index in [-0.39, 0.29) is 21.4 Å². The van der Waals surface area contributed by atoms with Crippen LogP contribution >= 0.6 is 23.2 Å². The monoisotopic (exact) mass is 702 g/mol. The van der Waals surface area contributed by atoms with Crippen LogP contribution in [0, 0.1) is 23.5 Å². The Morgan fingerprint density at radius 1 is 0.729 bits per heavy atom. The van der Waals surface area contributed by atoms with Crippen molar-refractivity contribution in [2.24, 2.45) is 11.8 Å². The Morgan fingerprint density at radius 3 is 1.50 bits per heavy atom. The molecule has 4 aromatic rings. The first-order valence-corrected chi connectivity index (χ1v) is 15.8. The molecule has 1 N–H and O–H groups in total. The molecule has 0 atom stereocenters. The summed E-state index contributed by atoms with van der Waals surface area (Å²) in [5.41, 5.74) is 1.24. The molecule has 8 nitrogen and oxygen atoms in total. The van der Waals surface area contributed by atoms with Gasteiger partial charge in [-0.3, -0.25) is 0 Å². The molecule has 256 valence electrons. The fraction of sp³-hybridized carbons (Fsp3) is 0.333. The quantitative estimate of drug-likeness (QED) is 0.129. The molecule has 12 heteroatoms. The summed E-state index contributed by atoms with van der Waals surface area (Å²) < 4.78 is 44.0. The van der Waals surface area contributed by atoms with E-state index in [2.05, 4.69) is 9.97 Å². The Bertz CT molecular complexity index is 1760. The first-order valence-electron chi connectivity index (χ1n) is 15.1. The lowest BCUT2D eigenvalue weighted by Gasteiger charge is -2.19. The molecule has 0 fully saturated rings. The van der Waals surface area contributed by atoms with Crippen LogP contribution in [-0.2, 0) is 4.74 Å². The molecule has 0 bridgehead atoms. The van der Waals surface area contributed by atoms with Crippen molar-refractivity contribution in [1.82, 2.24) is 9.97 Å². The molecule has 0 aliphatic rings. The summed E-state index contributed by atoms with van der Waals surface area (Å²) in [7, 11) is 0. The number of benzene rings is 2. The van der Waals surface area contributed by atoms with Crippen LogP contribution in [0.4, 0.5) is 8.78 Å². The minimum atomic E-state index is -1.16. The lowest BCUT2D eigenvalue weighted by molar-refractivity contribution is 0.00690. The topological polar surface area (TPSA) is 108 Å². The molecule has 0 amide bonds. The van der Waals surface area contributed by atoms with Crippen molar-refractivity contribution < 1.29 is 37.7 Å². The van der Waals surface area contributed by atoms with Crippen LogP contribution in [0.3, 0.4) is 0 Å². The largest absolute Gasteiger partial charge is 0.493 e. The molecule has 2 aromatic carbocycles. The first kappa shape index (κ1) is 38.2. The maximum atomic E-state index is 13.9. The molecule has 48 heavy (non-hydrogen) atoms. The normalized spacial score (nSPS) is 11.2. The average Bonchev–Trinajstić information content (AvgIpc) is 2.97. The van der Waals surface area contributed by atoms with Crippen molar-refractivity contribution in [3.63, 3.8) is 0 Å². The van der Waals surface area contributed by atoms with Crippen LogP contribution in [0.2, 0.25) is 10.3 Å². The third-order valence-corrected chi connectivity index (χ3v) is 6.62. The van der Waals surface area contributed by atoms with Gasteiger partial charge in [-0.1, -0.05) is 50.9 Å². The number of ether oxygens (including phenoxy) is 3. The molecule has 0 saturated carbocycles. The fourth-order valence-corrected chi connectivity index (χ4v) is 4.41. The highest BCUT2D eigenvalue weighted by Crippen LogP contribution is 2.29. The van der Waals surface area contributed by atoms with Crippen molar-refractivity contribution >= 4 is 35.1 Å². The van der Waals surface area contributed by atoms with Crippen molar-refractivity contribution in [2.75, 3.05) is 13.2 Å². The summed E-state index contributed by atoms with van der Waals surface area (Å²) in [6, 6.07) is 14.5. The molecule has 0 aliphatic carbocycles. The van der Waals surface area contributed by atoms with Crippen molar-refractivity contribution in [2.45, 2.75) is 54.1 Å². The van der Waals surface area contributed by atoms with Gasteiger partial charge in [-0.15, -0.1) is 0 Å². The van der Waals surface area contributed by atoms with E-state index in [1.807, 2.05) is 27.7 Å². The molecule has 0 spiro atoms. The fourth-order valence-electron chi connectivity index (χ4n) is 3.95. The molecular formula is C36H38Cl2F2N2O6. The number of hydrogen-bond acceptors (Lipinski definition) is 7. The molecule has 0 saturated heterocycles. The summed E-state index contributed by atoms with van der Waals surface area (Å²) in [6.45, 7) is 14.3. The van der Waals surface area contributed by atoms with E-state index in [1.165, 1.54) is 42.5 Å². The van der Waals surface area contributed by atoms with Crippen molar-refractivity contribution in [3.8, 4) is 34.0 Å². The van der Waals surface area contributed by atoms with E-state index in [4.69, 9.17) is 42.5 Å². The molecule has 0 radical (unpaired) electrons. The van der Waals surface area contributed by atoms with Crippen LogP contribution in [0.1, 0.15) is 69.2 Å². The highest BCUT2D eigenvalue weighted by atomic mass is 35.5. The number of rotatable bonds is 10. The van der Waals surface area contributed by atoms with Crippen LogP contribution in [0.5, 0.6) is 11.5 Å². The van der Waals surface area contributed by atoms with Crippen molar-refractivity contribution in [1.29, 1.82) is 0 Å². The van der Waals surface area contributed by atoms with Crippen LogP contribution in [0.15, 0.2) is 60.7 Å². The smallest absolute Gasteiger partial charge is 0.341 e. The summed E-state index contributed by atoms with van der Waals surface area (Å²) in [6.07, 6.45) is 0. The lowest BCUT2D eigenvalue weighted by atomic mass is 10.1. The van der Waals surface area contributed by atoms with Gasteiger partial charge in [-0.2, -0.15) is 0 Å². The minimum Gasteiger partial charge on any atom is -0.493 e. The summed E-state index contributed by atoms with van der Waals surface area (Å²) in [4.78, 5) is 31.3. The highest BCUT2D eigenvalue weighted by molar-refractivity contribution is 6.32. The van der Waals surface area contributed by atoms with E-state index < -0.39 is 29.2 Å². The number of carbonyl (C=O) groups excluding carboxylic acids is 1. The molecule has 2 heterocycles. The molecule has 0 aliphatic heterocycles. The van der Waals surface area contributed by atoms with Gasteiger partial charge in [0, 0.05) is 23.3 Å². The van der Waals surface area contributed by atoms with E-state index in [9.17, 15) is 18.4 Å². The van der Waals surface area contributed by atoms with Crippen molar-refractivity contribution in [3.05, 3.63) is 93.7 Å². The lowest BCUT2D eigenvalue weighted by Crippen LogP contribution is -2.24. The van der Waals surface area contributed by atoms with Gasteiger partial charge in [0.2, 0.25) is 0 Å². The van der Waals surface area contributed by atoms with Gasteiger partial charge < -0.3 is 19.3 Å². The molecule has 2 aromatic heterocycles. The summed E-state index contributed by atoms with van der Waals surface area (Å²) in [5.74, 6) is -1.17. The van der Waals surface area contributed by atoms with Crippen LogP contribution in [-0.4, -0.2) is 45.8 Å². The maximum Gasteiger partial charge on any atom is 0.341 e. The predicted octanol–water partition coefficient (Wildman–Crippen LogP) is 9.81. The maximum absolute atomic E-state index is 13.9.